The molecule has 0 spiro atoms. The Morgan fingerprint density at radius 3 is 2.50 bits per heavy atom. The van der Waals surface area contributed by atoms with Crippen LogP contribution in [0.1, 0.15) is 0 Å². The molecule has 1 heterocycles. The first kappa shape index (κ1) is 18.5. The van der Waals surface area contributed by atoms with E-state index in [1.807, 2.05) is 0 Å². The maximum atomic E-state index is 13.2. The fraction of sp³-hybridized carbons (Fsp3) is 0.0476. The number of hydrogen-bond donors (Lipinski definition) is 1. The summed E-state index contributed by atoms with van der Waals surface area (Å²) in [5, 5.41) is 4.21. The standard InChI is InChI=1S/C21H13Cl2FN2O2/c22-12-5-7-15-19(9-12)26(18-4-2-1-3-14(18)21(15)28)11-20(27)25-17-8-6-13(24)10-16(17)23/h1-10H,11H2,(H,25,27). The number of halogens is 3. The summed E-state index contributed by atoms with van der Waals surface area (Å²) >= 11 is 12.1. The van der Waals surface area contributed by atoms with Gasteiger partial charge in [0.2, 0.25) is 5.91 Å². The van der Waals surface area contributed by atoms with Crippen molar-refractivity contribution in [3.63, 3.8) is 0 Å². The second-order valence-electron chi connectivity index (χ2n) is 6.27. The molecule has 0 bridgehead atoms. The second-order valence-corrected chi connectivity index (χ2v) is 7.11. The van der Waals surface area contributed by atoms with Crippen molar-refractivity contribution in [1.82, 2.24) is 4.57 Å². The van der Waals surface area contributed by atoms with Crippen LogP contribution in [-0.2, 0) is 11.3 Å². The highest BCUT2D eigenvalue weighted by Gasteiger charge is 2.14. The summed E-state index contributed by atoms with van der Waals surface area (Å²) in [6.07, 6.45) is 0. The fourth-order valence-electron chi connectivity index (χ4n) is 3.19. The first-order valence-corrected chi connectivity index (χ1v) is 9.15. The van der Waals surface area contributed by atoms with Gasteiger partial charge in [0, 0.05) is 15.8 Å². The van der Waals surface area contributed by atoms with Crippen molar-refractivity contribution < 1.29 is 9.18 Å². The Labute approximate surface area is 169 Å². The summed E-state index contributed by atoms with van der Waals surface area (Å²) in [4.78, 5) is 25.5. The first-order valence-electron chi connectivity index (χ1n) is 8.40. The zero-order valence-electron chi connectivity index (χ0n) is 14.4. The maximum Gasteiger partial charge on any atom is 0.244 e. The van der Waals surface area contributed by atoms with Crippen LogP contribution < -0.4 is 10.7 Å². The monoisotopic (exact) mass is 414 g/mol. The minimum atomic E-state index is -0.491. The smallest absolute Gasteiger partial charge is 0.244 e. The molecule has 7 heteroatoms. The van der Waals surface area contributed by atoms with Gasteiger partial charge in [0.25, 0.3) is 0 Å². The summed E-state index contributed by atoms with van der Waals surface area (Å²) in [6, 6.07) is 15.7. The van der Waals surface area contributed by atoms with Gasteiger partial charge in [0.15, 0.2) is 5.43 Å². The molecule has 0 saturated carbocycles. The fourth-order valence-corrected chi connectivity index (χ4v) is 3.57. The molecular formula is C21H13Cl2FN2O2. The van der Waals surface area contributed by atoms with Crippen LogP contribution in [-0.4, -0.2) is 10.5 Å². The normalized spacial score (nSPS) is 11.1. The number of benzene rings is 3. The lowest BCUT2D eigenvalue weighted by Gasteiger charge is -2.15. The molecule has 4 rings (SSSR count). The Hall–Kier alpha value is -2.89. The van der Waals surface area contributed by atoms with E-state index in [1.54, 1.807) is 47.0 Å². The number of aromatic nitrogens is 1. The Balaban J connectivity index is 1.82. The highest BCUT2D eigenvalue weighted by Crippen LogP contribution is 2.24. The third-order valence-electron chi connectivity index (χ3n) is 4.44. The molecule has 1 amide bonds. The minimum Gasteiger partial charge on any atom is -0.331 e. The molecule has 28 heavy (non-hydrogen) atoms. The molecule has 4 aromatic rings. The van der Waals surface area contributed by atoms with E-state index < -0.39 is 5.82 Å². The van der Waals surface area contributed by atoms with E-state index in [0.29, 0.717) is 32.5 Å². The van der Waals surface area contributed by atoms with Gasteiger partial charge < -0.3 is 9.88 Å². The molecular weight excluding hydrogens is 402 g/mol. The van der Waals surface area contributed by atoms with Gasteiger partial charge in [-0.3, -0.25) is 9.59 Å². The van der Waals surface area contributed by atoms with Gasteiger partial charge in [-0.1, -0.05) is 35.3 Å². The van der Waals surface area contributed by atoms with Crippen LogP contribution in [0.25, 0.3) is 21.8 Å². The SMILES string of the molecule is O=C(Cn1c2ccccc2c(=O)c2ccc(Cl)cc21)Nc1ccc(F)cc1Cl. The molecule has 0 radical (unpaired) electrons. The van der Waals surface area contributed by atoms with Gasteiger partial charge in [-0.2, -0.15) is 0 Å². The molecule has 1 aromatic heterocycles. The van der Waals surface area contributed by atoms with Gasteiger partial charge >= 0.3 is 0 Å². The molecule has 0 saturated heterocycles. The van der Waals surface area contributed by atoms with E-state index in [-0.39, 0.29) is 22.9 Å². The number of carbonyl (C=O) groups excluding carboxylic acids is 1. The van der Waals surface area contributed by atoms with Crippen LogP contribution in [0.5, 0.6) is 0 Å². The predicted octanol–water partition coefficient (Wildman–Crippen LogP) is 5.24. The largest absolute Gasteiger partial charge is 0.331 e. The van der Waals surface area contributed by atoms with E-state index in [1.165, 1.54) is 12.1 Å². The van der Waals surface area contributed by atoms with Crippen molar-refractivity contribution >= 4 is 56.6 Å². The van der Waals surface area contributed by atoms with Gasteiger partial charge in [-0.25, -0.2) is 4.39 Å². The van der Waals surface area contributed by atoms with Crippen LogP contribution in [0.3, 0.4) is 0 Å². The molecule has 0 unspecified atom stereocenters. The number of hydrogen-bond acceptors (Lipinski definition) is 2. The minimum absolute atomic E-state index is 0.0780. The van der Waals surface area contributed by atoms with E-state index in [0.717, 1.165) is 6.07 Å². The number of nitrogens with one attached hydrogen (secondary N) is 1. The molecule has 0 atom stereocenters. The van der Waals surface area contributed by atoms with E-state index in [2.05, 4.69) is 5.32 Å². The highest BCUT2D eigenvalue weighted by atomic mass is 35.5. The number of anilines is 1. The molecule has 0 aliphatic carbocycles. The van der Waals surface area contributed by atoms with Crippen LogP contribution in [0.2, 0.25) is 10.0 Å². The number of carbonyl (C=O) groups is 1. The number of rotatable bonds is 3. The predicted molar refractivity (Wildman–Crippen MR) is 111 cm³/mol. The lowest BCUT2D eigenvalue weighted by atomic mass is 10.1. The Morgan fingerprint density at radius 1 is 0.964 bits per heavy atom. The molecule has 4 nitrogen and oxygen atoms in total. The summed E-state index contributed by atoms with van der Waals surface area (Å²) in [6.45, 7) is -0.0780. The molecule has 0 fully saturated rings. The molecule has 140 valence electrons. The lowest BCUT2D eigenvalue weighted by molar-refractivity contribution is -0.116. The number of para-hydroxylation sites is 1. The van der Waals surface area contributed by atoms with Crippen LogP contribution in [0, 0.1) is 5.82 Å². The topological polar surface area (TPSA) is 51.1 Å². The van der Waals surface area contributed by atoms with E-state index in [4.69, 9.17) is 23.2 Å². The van der Waals surface area contributed by atoms with Crippen molar-refractivity contribution in [2.24, 2.45) is 0 Å². The molecule has 3 aromatic carbocycles. The van der Waals surface area contributed by atoms with Crippen LogP contribution in [0.15, 0.2) is 65.5 Å². The first-order chi connectivity index (χ1) is 13.4. The third-order valence-corrected chi connectivity index (χ3v) is 4.99. The van der Waals surface area contributed by atoms with Crippen LogP contribution in [0.4, 0.5) is 10.1 Å². The van der Waals surface area contributed by atoms with Gasteiger partial charge in [0.1, 0.15) is 12.4 Å². The maximum absolute atomic E-state index is 13.2. The summed E-state index contributed by atoms with van der Waals surface area (Å²) in [5.41, 5.74) is 1.35. The van der Waals surface area contributed by atoms with Gasteiger partial charge in [-0.05, 0) is 48.5 Å². The molecule has 1 N–H and O–H groups in total. The van der Waals surface area contributed by atoms with Gasteiger partial charge in [-0.15, -0.1) is 0 Å². The van der Waals surface area contributed by atoms with E-state index >= 15 is 0 Å². The third kappa shape index (κ3) is 3.35. The average Bonchev–Trinajstić information content (AvgIpc) is 2.67. The van der Waals surface area contributed by atoms with Crippen molar-refractivity contribution in [2.45, 2.75) is 6.54 Å². The Morgan fingerprint density at radius 2 is 1.71 bits per heavy atom. The van der Waals surface area contributed by atoms with Crippen molar-refractivity contribution in [3.8, 4) is 0 Å². The Kier molecular flexibility index (Phi) is 4.79. The number of fused-ring (bicyclic) bond motifs is 2. The number of pyridine rings is 1. The van der Waals surface area contributed by atoms with Gasteiger partial charge in [0.05, 0.1) is 21.7 Å². The quantitative estimate of drug-likeness (QED) is 0.466. The summed E-state index contributed by atoms with van der Waals surface area (Å²) in [5.74, 6) is -0.862. The van der Waals surface area contributed by atoms with Crippen LogP contribution >= 0.6 is 23.2 Å². The van der Waals surface area contributed by atoms with Crippen molar-refractivity contribution in [2.75, 3.05) is 5.32 Å². The highest BCUT2D eigenvalue weighted by molar-refractivity contribution is 6.33. The number of nitrogens with zero attached hydrogens (tertiary/aromatic N) is 1. The second kappa shape index (κ2) is 7.26. The van der Waals surface area contributed by atoms with Crippen molar-refractivity contribution in [3.05, 3.63) is 86.7 Å². The van der Waals surface area contributed by atoms with E-state index in [9.17, 15) is 14.0 Å². The molecule has 0 aliphatic heterocycles. The summed E-state index contributed by atoms with van der Waals surface area (Å²) in [7, 11) is 0. The number of amides is 1. The lowest BCUT2D eigenvalue weighted by Crippen LogP contribution is -2.21. The average molecular weight is 415 g/mol. The molecule has 0 aliphatic rings. The zero-order chi connectivity index (χ0) is 19.8. The summed E-state index contributed by atoms with van der Waals surface area (Å²) < 4.78 is 14.9. The zero-order valence-corrected chi connectivity index (χ0v) is 15.9. The van der Waals surface area contributed by atoms with Crippen molar-refractivity contribution in [1.29, 1.82) is 0 Å². The Bertz CT molecular complexity index is 1300.